The topological polar surface area (TPSA) is 43.4 Å². The minimum absolute atomic E-state index is 0.218. The molecular weight excluding hydrogens is 238 g/mol. The number of aryl methyl sites for hydroxylation is 1. The van der Waals surface area contributed by atoms with Crippen LogP contribution in [0.4, 0.5) is 0 Å². The summed E-state index contributed by atoms with van der Waals surface area (Å²) in [5, 5.41) is 1.23. The third kappa shape index (κ3) is 2.22. The number of fused-ring (bicyclic) bond motifs is 1. The Morgan fingerprint density at radius 1 is 1.37 bits per heavy atom. The van der Waals surface area contributed by atoms with E-state index in [-0.39, 0.29) is 6.04 Å². The molecule has 2 aromatic rings. The second-order valence-corrected chi connectivity index (χ2v) is 5.16. The Bertz CT molecular complexity index is 587. The Labute approximate surface area is 114 Å². The van der Waals surface area contributed by atoms with Crippen LogP contribution in [0.3, 0.4) is 0 Å². The van der Waals surface area contributed by atoms with Crippen molar-refractivity contribution in [3.05, 3.63) is 29.5 Å². The summed E-state index contributed by atoms with van der Waals surface area (Å²) in [5.41, 5.74) is 9.73. The van der Waals surface area contributed by atoms with Crippen molar-refractivity contribution in [3.63, 3.8) is 0 Å². The summed E-state index contributed by atoms with van der Waals surface area (Å²) in [4.78, 5) is 2.17. The quantitative estimate of drug-likeness (QED) is 0.916. The van der Waals surface area contributed by atoms with Crippen molar-refractivity contribution >= 4 is 10.9 Å². The van der Waals surface area contributed by atoms with Crippen molar-refractivity contribution in [1.82, 2.24) is 9.47 Å². The lowest BCUT2D eigenvalue weighted by Gasteiger charge is -2.23. The fourth-order valence-electron chi connectivity index (χ4n) is 2.71. The zero-order valence-electron chi connectivity index (χ0n) is 12.4. The van der Waals surface area contributed by atoms with E-state index in [0.29, 0.717) is 6.54 Å². The van der Waals surface area contributed by atoms with Gasteiger partial charge in [-0.15, -0.1) is 0 Å². The minimum Gasteiger partial charge on any atom is -0.497 e. The monoisotopic (exact) mass is 261 g/mol. The van der Waals surface area contributed by atoms with Crippen molar-refractivity contribution in [2.75, 3.05) is 27.7 Å². The number of aromatic nitrogens is 1. The van der Waals surface area contributed by atoms with Crippen LogP contribution in [-0.4, -0.2) is 37.2 Å². The second-order valence-electron chi connectivity index (χ2n) is 5.16. The van der Waals surface area contributed by atoms with Gasteiger partial charge >= 0.3 is 0 Å². The van der Waals surface area contributed by atoms with Crippen LogP contribution in [0, 0.1) is 6.92 Å². The summed E-state index contributed by atoms with van der Waals surface area (Å²) in [7, 11) is 7.92. The lowest BCUT2D eigenvalue weighted by Crippen LogP contribution is -2.27. The van der Waals surface area contributed by atoms with E-state index in [1.54, 1.807) is 7.11 Å². The first-order chi connectivity index (χ1) is 9.01. The van der Waals surface area contributed by atoms with Crippen LogP contribution in [0.1, 0.15) is 17.3 Å². The van der Waals surface area contributed by atoms with E-state index >= 15 is 0 Å². The summed E-state index contributed by atoms with van der Waals surface area (Å²) in [5.74, 6) is 0.883. The molecule has 1 aromatic carbocycles. The number of rotatable bonds is 4. The molecule has 0 radical (unpaired) electrons. The molecule has 1 unspecified atom stereocenters. The average molecular weight is 261 g/mol. The molecule has 1 aromatic heterocycles. The third-order valence-electron chi connectivity index (χ3n) is 3.93. The Balaban J connectivity index is 2.74. The molecule has 1 heterocycles. The number of methoxy groups -OCH3 is 1. The highest BCUT2D eigenvalue weighted by Crippen LogP contribution is 2.33. The standard InChI is InChI=1S/C15H23N3O/c1-10-15(14(9-16)17(2)3)12-8-11(19-5)6-7-13(12)18(10)4/h6-8,14H,9,16H2,1-5H3. The molecule has 104 valence electrons. The van der Waals surface area contributed by atoms with Crippen molar-refractivity contribution in [1.29, 1.82) is 0 Å². The van der Waals surface area contributed by atoms with E-state index < -0.39 is 0 Å². The highest BCUT2D eigenvalue weighted by Gasteiger charge is 2.21. The molecular formula is C15H23N3O. The van der Waals surface area contributed by atoms with Gasteiger partial charge in [0.05, 0.1) is 7.11 Å². The molecule has 4 heteroatoms. The molecule has 0 bridgehead atoms. The van der Waals surface area contributed by atoms with Gasteiger partial charge in [0.25, 0.3) is 0 Å². The number of nitrogens with zero attached hydrogens (tertiary/aromatic N) is 2. The van der Waals surface area contributed by atoms with Gasteiger partial charge in [-0.1, -0.05) is 0 Å². The summed E-state index contributed by atoms with van der Waals surface area (Å²) in [6.07, 6.45) is 0. The minimum atomic E-state index is 0.218. The van der Waals surface area contributed by atoms with Gasteiger partial charge in [0.1, 0.15) is 5.75 Å². The van der Waals surface area contributed by atoms with Gasteiger partial charge in [0.15, 0.2) is 0 Å². The molecule has 1 atom stereocenters. The van der Waals surface area contributed by atoms with Gasteiger partial charge in [-0.3, -0.25) is 0 Å². The van der Waals surface area contributed by atoms with Crippen molar-refractivity contribution < 1.29 is 4.74 Å². The average Bonchev–Trinajstić information content (AvgIpc) is 2.64. The lowest BCUT2D eigenvalue weighted by atomic mass is 10.0. The van der Waals surface area contributed by atoms with Gasteiger partial charge in [-0.05, 0) is 44.8 Å². The highest BCUT2D eigenvalue weighted by atomic mass is 16.5. The zero-order chi connectivity index (χ0) is 14.2. The van der Waals surface area contributed by atoms with Gasteiger partial charge in [0, 0.05) is 36.2 Å². The smallest absolute Gasteiger partial charge is 0.119 e. The van der Waals surface area contributed by atoms with Crippen LogP contribution in [0.2, 0.25) is 0 Å². The Morgan fingerprint density at radius 3 is 2.58 bits per heavy atom. The highest BCUT2D eigenvalue weighted by molar-refractivity contribution is 5.87. The largest absolute Gasteiger partial charge is 0.497 e. The Kier molecular flexibility index (Phi) is 3.83. The fraction of sp³-hybridized carbons (Fsp3) is 0.467. The molecule has 0 aliphatic heterocycles. The molecule has 19 heavy (non-hydrogen) atoms. The van der Waals surface area contributed by atoms with E-state index in [1.807, 2.05) is 6.07 Å². The molecule has 0 spiro atoms. The third-order valence-corrected chi connectivity index (χ3v) is 3.93. The van der Waals surface area contributed by atoms with E-state index in [4.69, 9.17) is 10.5 Å². The van der Waals surface area contributed by atoms with Crippen molar-refractivity contribution in [2.45, 2.75) is 13.0 Å². The molecule has 0 aliphatic rings. The predicted octanol–water partition coefficient (Wildman–Crippen LogP) is 2.06. The maximum atomic E-state index is 5.96. The van der Waals surface area contributed by atoms with Crippen LogP contribution in [0.5, 0.6) is 5.75 Å². The Hall–Kier alpha value is -1.52. The number of hydrogen-bond acceptors (Lipinski definition) is 3. The molecule has 2 N–H and O–H groups in total. The maximum Gasteiger partial charge on any atom is 0.119 e. The SMILES string of the molecule is COc1ccc2c(c1)c(C(CN)N(C)C)c(C)n2C. The number of ether oxygens (including phenoxy) is 1. The molecule has 0 aliphatic carbocycles. The fourth-order valence-corrected chi connectivity index (χ4v) is 2.71. The maximum absolute atomic E-state index is 5.96. The van der Waals surface area contributed by atoms with E-state index in [1.165, 1.54) is 22.2 Å². The van der Waals surface area contributed by atoms with Crippen molar-refractivity contribution in [2.24, 2.45) is 12.8 Å². The first-order valence-corrected chi connectivity index (χ1v) is 6.50. The summed E-state index contributed by atoms with van der Waals surface area (Å²) in [6.45, 7) is 2.75. The van der Waals surface area contributed by atoms with E-state index in [9.17, 15) is 0 Å². The number of nitrogens with two attached hydrogens (primary N) is 1. The van der Waals surface area contributed by atoms with Gasteiger partial charge in [-0.2, -0.15) is 0 Å². The molecule has 2 rings (SSSR count). The number of hydrogen-bond donors (Lipinski definition) is 1. The predicted molar refractivity (Wildman–Crippen MR) is 79.7 cm³/mol. The summed E-state index contributed by atoms with van der Waals surface area (Å²) in [6, 6.07) is 6.42. The van der Waals surface area contributed by atoms with Gasteiger partial charge < -0.3 is 19.9 Å². The van der Waals surface area contributed by atoms with Gasteiger partial charge in [-0.25, -0.2) is 0 Å². The first kappa shape index (κ1) is 13.9. The summed E-state index contributed by atoms with van der Waals surface area (Å²) < 4.78 is 7.56. The molecule has 0 fully saturated rings. The van der Waals surface area contributed by atoms with Crippen LogP contribution in [0.25, 0.3) is 10.9 Å². The molecule has 0 saturated carbocycles. The number of benzene rings is 1. The lowest BCUT2D eigenvalue weighted by molar-refractivity contribution is 0.306. The molecule has 0 saturated heterocycles. The zero-order valence-corrected chi connectivity index (χ0v) is 12.4. The normalized spacial score (nSPS) is 13.2. The van der Waals surface area contributed by atoms with Crippen LogP contribution in [-0.2, 0) is 7.05 Å². The Morgan fingerprint density at radius 2 is 2.05 bits per heavy atom. The van der Waals surface area contributed by atoms with Crippen molar-refractivity contribution in [3.8, 4) is 5.75 Å². The first-order valence-electron chi connectivity index (χ1n) is 6.50. The molecule has 0 amide bonds. The van der Waals surface area contributed by atoms with Crippen LogP contribution >= 0.6 is 0 Å². The molecule has 4 nitrogen and oxygen atoms in total. The van der Waals surface area contributed by atoms with E-state index in [2.05, 4.69) is 49.7 Å². The van der Waals surface area contributed by atoms with E-state index in [0.717, 1.165) is 5.75 Å². The second kappa shape index (κ2) is 5.23. The number of likely N-dealkylation sites (N-methyl/N-ethyl adjacent to an activating group) is 1. The van der Waals surface area contributed by atoms with Crippen LogP contribution in [0.15, 0.2) is 18.2 Å². The van der Waals surface area contributed by atoms with Crippen LogP contribution < -0.4 is 10.5 Å². The van der Waals surface area contributed by atoms with Gasteiger partial charge in [0.2, 0.25) is 0 Å². The summed E-state index contributed by atoms with van der Waals surface area (Å²) >= 11 is 0.